The Morgan fingerprint density at radius 1 is 0.857 bits per heavy atom. The van der Waals surface area contributed by atoms with Gasteiger partial charge in [0.2, 0.25) is 0 Å². The zero-order valence-electron chi connectivity index (χ0n) is 15.2. The summed E-state index contributed by atoms with van der Waals surface area (Å²) < 4.78 is 2.17. The molecule has 5 heteroatoms. The van der Waals surface area contributed by atoms with Crippen molar-refractivity contribution in [1.82, 2.24) is 9.78 Å². The smallest absolute Gasteiger partial charge is 0.115 e. The molecule has 0 radical (unpaired) electrons. The molecular formula is C23H20N2O2S. The standard InChI is InChI=1S/C23H20N2O2S/c26-18-10-6-15(7-11-18)22-21(20-5-2-14-28-20)23(16-8-12-19(27)13-9-16)25(24-22)17-3-1-4-17/h2,5-14,17,26-27H,1,3-4H2. The fourth-order valence-electron chi connectivity index (χ4n) is 3.70. The molecule has 140 valence electrons. The monoisotopic (exact) mass is 388 g/mol. The van der Waals surface area contributed by atoms with Crippen LogP contribution in [-0.4, -0.2) is 20.0 Å². The van der Waals surface area contributed by atoms with Gasteiger partial charge in [0, 0.05) is 21.6 Å². The molecule has 1 fully saturated rings. The minimum atomic E-state index is 0.249. The summed E-state index contributed by atoms with van der Waals surface area (Å²) in [7, 11) is 0. The molecule has 0 bridgehead atoms. The predicted molar refractivity (Wildman–Crippen MR) is 113 cm³/mol. The van der Waals surface area contributed by atoms with E-state index in [-0.39, 0.29) is 11.5 Å². The number of phenols is 2. The fraction of sp³-hybridized carbons (Fsp3) is 0.174. The highest BCUT2D eigenvalue weighted by Gasteiger charge is 2.29. The van der Waals surface area contributed by atoms with Crippen molar-refractivity contribution in [2.75, 3.05) is 0 Å². The molecule has 4 nitrogen and oxygen atoms in total. The van der Waals surface area contributed by atoms with Crippen LogP contribution in [0.4, 0.5) is 0 Å². The lowest BCUT2D eigenvalue weighted by Gasteiger charge is -2.27. The number of benzene rings is 2. The lowest BCUT2D eigenvalue weighted by molar-refractivity contribution is 0.293. The summed E-state index contributed by atoms with van der Waals surface area (Å²) in [4.78, 5) is 1.16. The van der Waals surface area contributed by atoms with E-state index in [0.717, 1.165) is 45.8 Å². The predicted octanol–water partition coefficient (Wildman–Crippen LogP) is 6.08. The average molecular weight is 388 g/mol. The molecular weight excluding hydrogens is 368 g/mol. The maximum Gasteiger partial charge on any atom is 0.115 e. The molecule has 0 atom stereocenters. The SMILES string of the molecule is Oc1ccc(-c2nn(C3CCC3)c(-c3ccc(O)cc3)c2-c2cccs2)cc1. The zero-order chi connectivity index (χ0) is 19.1. The van der Waals surface area contributed by atoms with Crippen LogP contribution in [0.15, 0.2) is 66.0 Å². The number of aromatic hydroxyl groups is 2. The topological polar surface area (TPSA) is 58.3 Å². The van der Waals surface area contributed by atoms with Crippen LogP contribution in [0, 0.1) is 0 Å². The second-order valence-corrected chi connectivity index (χ2v) is 8.12. The maximum absolute atomic E-state index is 9.76. The third kappa shape index (κ3) is 2.88. The van der Waals surface area contributed by atoms with Gasteiger partial charge in [-0.2, -0.15) is 5.10 Å². The van der Waals surface area contributed by atoms with E-state index in [1.165, 1.54) is 6.42 Å². The Kier molecular flexibility index (Phi) is 4.17. The van der Waals surface area contributed by atoms with Crippen LogP contribution in [0.5, 0.6) is 11.5 Å². The van der Waals surface area contributed by atoms with Crippen molar-refractivity contribution in [2.24, 2.45) is 0 Å². The highest BCUT2D eigenvalue weighted by Crippen LogP contribution is 2.46. The van der Waals surface area contributed by atoms with Crippen molar-refractivity contribution >= 4 is 11.3 Å². The lowest BCUT2D eigenvalue weighted by atomic mass is 9.92. The molecule has 0 unspecified atom stereocenters. The van der Waals surface area contributed by atoms with Crippen LogP contribution in [0.1, 0.15) is 25.3 Å². The van der Waals surface area contributed by atoms with Crippen molar-refractivity contribution in [2.45, 2.75) is 25.3 Å². The van der Waals surface area contributed by atoms with Crippen molar-refractivity contribution in [1.29, 1.82) is 0 Å². The molecule has 0 saturated heterocycles. The van der Waals surface area contributed by atoms with Crippen molar-refractivity contribution in [3.05, 3.63) is 66.0 Å². The van der Waals surface area contributed by atoms with Gasteiger partial charge >= 0.3 is 0 Å². The molecule has 1 aliphatic rings. The van der Waals surface area contributed by atoms with E-state index < -0.39 is 0 Å². The number of nitrogens with zero attached hydrogens (tertiary/aromatic N) is 2. The first kappa shape index (κ1) is 17.1. The van der Waals surface area contributed by atoms with E-state index in [9.17, 15) is 10.2 Å². The summed E-state index contributed by atoms with van der Waals surface area (Å²) >= 11 is 1.70. The summed E-state index contributed by atoms with van der Waals surface area (Å²) in [5, 5.41) is 26.6. The molecule has 2 aromatic carbocycles. The summed E-state index contributed by atoms with van der Waals surface area (Å²) in [6.45, 7) is 0. The van der Waals surface area contributed by atoms with Gasteiger partial charge in [0.1, 0.15) is 17.2 Å². The van der Waals surface area contributed by atoms with Gasteiger partial charge in [0.15, 0.2) is 0 Å². The minimum absolute atomic E-state index is 0.249. The summed E-state index contributed by atoms with van der Waals surface area (Å²) in [5.41, 5.74) is 5.16. The molecule has 0 spiro atoms. The van der Waals surface area contributed by atoms with Gasteiger partial charge in [-0.15, -0.1) is 11.3 Å². The third-order valence-electron chi connectivity index (χ3n) is 5.38. The Bertz CT molecular complexity index is 1090. The number of hydrogen-bond acceptors (Lipinski definition) is 4. The van der Waals surface area contributed by atoms with Gasteiger partial charge in [-0.05, 0) is 79.2 Å². The summed E-state index contributed by atoms with van der Waals surface area (Å²) in [6.07, 6.45) is 3.49. The first-order chi connectivity index (χ1) is 13.7. The van der Waals surface area contributed by atoms with Gasteiger partial charge in [-0.1, -0.05) is 6.07 Å². The number of rotatable bonds is 4. The highest BCUT2D eigenvalue weighted by molar-refractivity contribution is 7.13. The van der Waals surface area contributed by atoms with Crippen LogP contribution in [0.3, 0.4) is 0 Å². The van der Waals surface area contributed by atoms with Crippen molar-refractivity contribution < 1.29 is 10.2 Å². The first-order valence-corrected chi connectivity index (χ1v) is 10.3. The summed E-state index contributed by atoms with van der Waals surface area (Å²) in [5.74, 6) is 0.508. The number of thiophene rings is 1. The molecule has 1 aliphatic carbocycles. The van der Waals surface area contributed by atoms with E-state index in [4.69, 9.17) is 5.10 Å². The van der Waals surface area contributed by atoms with Crippen molar-refractivity contribution in [3.63, 3.8) is 0 Å². The Hall–Kier alpha value is -3.05. The minimum Gasteiger partial charge on any atom is -0.508 e. The maximum atomic E-state index is 9.76. The number of hydrogen-bond donors (Lipinski definition) is 2. The Labute approximate surface area is 167 Å². The molecule has 2 heterocycles. The largest absolute Gasteiger partial charge is 0.508 e. The molecule has 28 heavy (non-hydrogen) atoms. The van der Waals surface area contributed by atoms with Crippen molar-refractivity contribution in [3.8, 4) is 44.5 Å². The van der Waals surface area contributed by atoms with Gasteiger partial charge < -0.3 is 10.2 Å². The van der Waals surface area contributed by atoms with Crippen LogP contribution in [-0.2, 0) is 0 Å². The second-order valence-electron chi connectivity index (χ2n) is 7.17. The molecule has 1 saturated carbocycles. The Morgan fingerprint density at radius 2 is 1.50 bits per heavy atom. The van der Waals surface area contributed by atoms with Gasteiger partial charge in [0.25, 0.3) is 0 Å². The van der Waals surface area contributed by atoms with Gasteiger partial charge in [-0.25, -0.2) is 0 Å². The highest BCUT2D eigenvalue weighted by atomic mass is 32.1. The van der Waals surface area contributed by atoms with E-state index in [1.807, 2.05) is 24.3 Å². The molecule has 2 aromatic heterocycles. The van der Waals surface area contributed by atoms with Crippen LogP contribution < -0.4 is 0 Å². The molecule has 5 rings (SSSR count). The summed E-state index contributed by atoms with van der Waals surface area (Å²) in [6, 6.07) is 19.2. The van der Waals surface area contributed by atoms with Gasteiger partial charge in [0.05, 0.1) is 11.7 Å². The lowest BCUT2D eigenvalue weighted by Crippen LogP contribution is -2.19. The molecule has 2 N–H and O–H groups in total. The van der Waals surface area contributed by atoms with E-state index >= 15 is 0 Å². The number of phenolic OH excluding ortho intramolecular Hbond substituents is 2. The average Bonchev–Trinajstić information content (AvgIpc) is 3.30. The molecule has 0 amide bonds. The first-order valence-electron chi connectivity index (χ1n) is 9.46. The zero-order valence-corrected chi connectivity index (χ0v) is 16.1. The van der Waals surface area contributed by atoms with Crippen LogP contribution in [0.25, 0.3) is 33.0 Å². The normalized spacial score (nSPS) is 14.1. The quantitative estimate of drug-likeness (QED) is 0.445. The van der Waals surface area contributed by atoms with E-state index in [2.05, 4.69) is 22.2 Å². The van der Waals surface area contributed by atoms with Crippen LogP contribution >= 0.6 is 11.3 Å². The Balaban J connectivity index is 1.80. The second kappa shape index (κ2) is 6.84. The van der Waals surface area contributed by atoms with E-state index in [1.54, 1.807) is 35.6 Å². The third-order valence-corrected chi connectivity index (χ3v) is 6.27. The molecule has 4 aromatic rings. The fourth-order valence-corrected chi connectivity index (χ4v) is 4.47. The van der Waals surface area contributed by atoms with E-state index in [0.29, 0.717) is 6.04 Å². The Morgan fingerprint density at radius 3 is 2.04 bits per heavy atom. The van der Waals surface area contributed by atoms with Gasteiger partial charge in [-0.3, -0.25) is 4.68 Å². The number of aromatic nitrogens is 2. The molecule has 0 aliphatic heterocycles. The van der Waals surface area contributed by atoms with Crippen LogP contribution in [0.2, 0.25) is 0 Å².